The Balaban J connectivity index is 3.12. The summed E-state index contributed by atoms with van der Waals surface area (Å²) in [7, 11) is 0. The van der Waals surface area contributed by atoms with Crippen molar-refractivity contribution < 1.29 is 14.4 Å². The van der Waals surface area contributed by atoms with Crippen LogP contribution in [0.15, 0.2) is 12.2 Å². The van der Waals surface area contributed by atoms with E-state index in [0.29, 0.717) is 0 Å². The van der Waals surface area contributed by atoms with Gasteiger partial charge in [-0.25, -0.2) is 4.79 Å². The summed E-state index contributed by atoms with van der Waals surface area (Å²) in [6.45, 7) is 5.90. The zero-order valence-corrected chi connectivity index (χ0v) is 11.8. The average Bonchev–Trinajstić information content (AvgIpc) is 2.33. The lowest BCUT2D eigenvalue weighted by molar-refractivity contribution is -0.144. The Hall–Kier alpha value is -1.65. The Labute approximate surface area is 113 Å². The molecule has 0 radical (unpaired) electrons. The summed E-state index contributed by atoms with van der Waals surface area (Å²) < 4.78 is 0. The molecule has 5 nitrogen and oxygen atoms in total. The predicted octanol–water partition coefficient (Wildman–Crippen LogP) is 2.13. The van der Waals surface area contributed by atoms with Crippen molar-refractivity contribution in [2.45, 2.75) is 46.5 Å². The van der Waals surface area contributed by atoms with E-state index in [1.54, 1.807) is 6.08 Å². The predicted molar refractivity (Wildman–Crippen MR) is 72.2 cm³/mol. The molecule has 0 bridgehead atoms. The van der Waals surface area contributed by atoms with Gasteiger partial charge in [0.1, 0.15) is 5.41 Å². The summed E-state index contributed by atoms with van der Waals surface area (Å²) in [4.78, 5) is 35.6. The maximum absolute atomic E-state index is 12.2. The molecule has 1 heterocycles. The number of urea groups is 1. The first-order chi connectivity index (χ1) is 8.98. The number of barbiturate groups is 1. The molecule has 1 fully saturated rings. The van der Waals surface area contributed by atoms with Gasteiger partial charge in [0.2, 0.25) is 11.8 Å². The van der Waals surface area contributed by atoms with Crippen molar-refractivity contribution >= 4 is 17.8 Å². The first kappa shape index (κ1) is 15.4. The first-order valence-corrected chi connectivity index (χ1v) is 6.83. The molecule has 4 amide bonds. The fourth-order valence-corrected chi connectivity index (χ4v) is 2.41. The standard InChI is InChI=1S/C14H22N2O3/c1-4-6-7-9-14(10(3)8-5-2)11(17)15-13(19)16-12(14)18/h7,9-10H,4-6,8H2,1-3H3,(H2,15,16,17,18,19)/b9-7+. The highest BCUT2D eigenvalue weighted by atomic mass is 16.2. The number of unbranched alkanes of at least 4 members (excludes halogenated alkanes) is 1. The van der Waals surface area contributed by atoms with Crippen LogP contribution in [0.5, 0.6) is 0 Å². The summed E-state index contributed by atoms with van der Waals surface area (Å²) in [5.74, 6) is -1.19. The summed E-state index contributed by atoms with van der Waals surface area (Å²) >= 11 is 0. The van der Waals surface area contributed by atoms with E-state index in [9.17, 15) is 14.4 Å². The molecule has 0 spiro atoms. The number of allylic oxidation sites excluding steroid dienone is 1. The molecule has 0 aromatic carbocycles. The molecule has 0 aliphatic carbocycles. The van der Waals surface area contributed by atoms with Crippen LogP contribution in [-0.4, -0.2) is 17.8 Å². The topological polar surface area (TPSA) is 75.3 Å². The van der Waals surface area contributed by atoms with Gasteiger partial charge in [0.15, 0.2) is 0 Å². The zero-order valence-electron chi connectivity index (χ0n) is 11.8. The van der Waals surface area contributed by atoms with E-state index in [0.717, 1.165) is 25.7 Å². The van der Waals surface area contributed by atoms with E-state index in [2.05, 4.69) is 10.6 Å². The molecule has 19 heavy (non-hydrogen) atoms. The lowest BCUT2D eigenvalue weighted by atomic mass is 9.71. The number of hydrogen-bond donors (Lipinski definition) is 2. The third-order valence-electron chi connectivity index (χ3n) is 3.54. The number of carbonyl (C=O) groups is 3. The normalized spacial score (nSPS) is 20.3. The Morgan fingerprint density at radius 3 is 2.16 bits per heavy atom. The van der Waals surface area contributed by atoms with Crippen LogP contribution in [-0.2, 0) is 9.59 Å². The lowest BCUT2D eigenvalue weighted by Crippen LogP contribution is -2.63. The summed E-state index contributed by atoms with van der Waals surface area (Å²) in [6, 6.07) is -0.738. The maximum atomic E-state index is 12.2. The molecule has 106 valence electrons. The van der Waals surface area contributed by atoms with Crippen LogP contribution in [0, 0.1) is 11.3 Å². The Morgan fingerprint density at radius 2 is 1.68 bits per heavy atom. The molecular formula is C14H22N2O3. The number of hydrogen-bond acceptors (Lipinski definition) is 3. The highest BCUT2D eigenvalue weighted by Crippen LogP contribution is 2.35. The molecule has 1 saturated heterocycles. The summed E-state index contributed by atoms with van der Waals surface area (Å²) in [5, 5.41) is 4.41. The highest BCUT2D eigenvalue weighted by molar-refractivity contribution is 6.20. The van der Waals surface area contributed by atoms with E-state index >= 15 is 0 Å². The highest BCUT2D eigenvalue weighted by Gasteiger charge is 2.51. The van der Waals surface area contributed by atoms with Crippen LogP contribution in [0.1, 0.15) is 46.5 Å². The van der Waals surface area contributed by atoms with Crippen molar-refractivity contribution in [2.75, 3.05) is 0 Å². The van der Waals surface area contributed by atoms with Gasteiger partial charge in [0, 0.05) is 0 Å². The van der Waals surface area contributed by atoms with Gasteiger partial charge < -0.3 is 0 Å². The van der Waals surface area contributed by atoms with Crippen LogP contribution in [0.4, 0.5) is 4.79 Å². The molecule has 1 aliphatic heterocycles. The van der Waals surface area contributed by atoms with Gasteiger partial charge in [-0.05, 0) is 18.8 Å². The van der Waals surface area contributed by atoms with Crippen molar-refractivity contribution in [1.82, 2.24) is 10.6 Å². The molecule has 0 aromatic rings. The zero-order chi connectivity index (χ0) is 14.5. The van der Waals surface area contributed by atoms with Crippen molar-refractivity contribution in [2.24, 2.45) is 11.3 Å². The third-order valence-corrected chi connectivity index (χ3v) is 3.54. The minimum Gasteiger partial charge on any atom is -0.277 e. The fourth-order valence-electron chi connectivity index (χ4n) is 2.41. The van der Waals surface area contributed by atoms with Crippen molar-refractivity contribution in [3.63, 3.8) is 0 Å². The monoisotopic (exact) mass is 266 g/mol. The molecule has 1 rings (SSSR count). The summed E-state index contributed by atoms with van der Waals surface area (Å²) in [5.41, 5.74) is -1.26. The Kier molecular flexibility index (Phi) is 5.27. The minimum atomic E-state index is -1.26. The van der Waals surface area contributed by atoms with Gasteiger partial charge in [-0.2, -0.15) is 0 Å². The largest absolute Gasteiger partial charge is 0.328 e. The third kappa shape index (κ3) is 3.03. The molecule has 1 aliphatic rings. The van der Waals surface area contributed by atoms with Gasteiger partial charge in [0.25, 0.3) is 0 Å². The SMILES string of the molecule is CCC/C=C/C1(C(C)CCC)C(=O)NC(=O)NC1=O. The van der Waals surface area contributed by atoms with Crippen LogP contribution < -0.4 is 10.6 Å². The summed E-state index contributed by atoms with van der Waals surface area (Å²) in [6.07, 6.45) is 6.87. The van der Waals surface area contributed by atoms with Crippen molar-refractivity contribution in [3.05, 3.63) is 12.2 Å². The Morgan fingerprint density at radius 1 is 1.11 bits per heavy atom. The van der Waals surface area contributed by atoms with Gasteiger partial charge >= 0.3 is 6.03 Å². The first-order valence-electron chi connectivity index (χ1n) is 6.83. The minimum absolute atomic E-state index is 0.154. The molecule has 1 atom stereocenters. The van der Waals surface area contributed by atoms with Crippen LogP contribution in [0.2, 0.25) is 0 Å². The molecular weight excluding hydrogens is 244 g/mol. The number of amides is 4. The van der Waals surface area contributed by atoms with Gasteiger partial charge in [-0.3, -0.25) is 20.2 Å². The average molecular weight is 266 g/mol. The molecule has 0 aromatic heterocycles. The number of rotatable bonds is 6. The maximum Gasteiger partial charge on any atom is 0.328 e. The second-order valence-corrected chi connectivity index (χ2v) is 4.99. The Bertz CT molecular complexity index is 381. The van der Waals surface area contributed by atoms with Gasteiger partial charge in [-0.15, -0.1) is 0 Å². The smallest absolute Gasteiger partial charge is 0.277 e. The lowest BCUT2D eigenvalue weighted by Gasteiger charge is -2.36. The molecule has 2 N–H and O–H groups in total. The van der Waals surface area contributed by atoms with Crippen molar-refractivity contribution in [3.8, 4) is 0 Å². The molecule has 5 heteroatoms. The van der Waals surface area contributed by atoms with E-state index in [1.165, 1.54) is 0 Å². The quantitative estimate of drug-likeness (QED) is 0.571. The van der Waals surface area contributed by atoms with Crippen LogP contribution in [0.3, 0.4) is 0 Å². The van der Waals surface area contributed by atoms with E-state index < -0.39 is 23.3 Å². The molecule has 1 unspecified atom stereocenters. The van der Waals surface area contributed by atoms with Gasteiger partial charge in [0.05, 0.1) is 0 Å². The van der Waals surface area contributed by atoms with Crippen LogP contribution >= 0.6 is 0 Å². The van der Waals surface area contributed by atoms with E-state index in [-0.39, 0.29) is 5.92 Å². The second-order valence-electron chi connectivity index (χ2n) is 4.99. The fraction of sp³-hybridized carbons (Fsp3) is 0.643. The van der Waals surface area contributed by atoms with E-state index in [1.807, 2.05) is 26.8 Å². The van der Waals surface area contributed by atoms with Crippen LogP contribution in [0.25, 0.3) is 0 Å². The number of carbonyl (C=O) groups excluding carboxylic acids is 3. The number of nitrogens with one attached hydrogen (secondary N) is 2. The van der Waals surface area contributed by atoms with E-state index in [4.69, 9.17) is 0 Å². The van der Waals surface area contributed by atoms with Gasteiger partial charge in [-0.1, -0.05) is 45.8 Å². The van der Waals surface area contributed by atoms with Crippen molar-refractivity contribution in [1.29, 1.82) is 0 Å². The second kappa shape index (κ2) is 6.50. The number of imide groups is 2. The molecule has 0 saturated carbocycles.